The molecular formula is C21H36N4O. The normalized spacial score (nSPS) is 25.5. The lowest BCUT2D eigenvalue weighted by atomic mass is 9.86. The van der Waals surface area contributed by atoms with Crippen molar-refractivity contribution < 1.29 is 4.74 Å². The summed E-state index contributed by atoms with van der Waals surface area (Å²) >= 11 is 0. The minimum atomic E-state index is -0.0564. The van der Waals surface area contributed by atoms with Crippen molar-refractivity contribution in [2.75, 3.05) is 38.2 Å². The Bertz CT molecular complexity index is 582. The molecule has 2 heterocycles. The number of ether oxygens (including phenoxy) is 1. The van der Waals surface area contributed by atoms with E-state index < -0.39 is 0 Å². The molecule has 0 bridgehead atoms. The van der Waals surface area contributed by atoms with Crippen molar-refractivity contribution in [3.63, 3.8) is 0 Å². The lowest BCUT2D eigenvalue weighted by Gasteiger charge is -2.42. The molecule has 0 unspecified atom stereocenters. The molecule has 1 aliphatic heterocycles. The molecule has 2 aliphatic rings. The second-order valence-electron chi connectivity index (χ2n) is 9.16. The summed E-state index contributed by atoms with van der Waals surface area (Å²) in [6.45, 7) is 13.9. The van der Waals surface area contributed by atoms with Crippen LogP contribution in [-0.4, -0.2) is 54.2 Å². The molecule has 1 aromatic rings. The molecule has 0 spiro atoms. The van der Waals surface area contributed by atoms with E-state index in [1.54, 1.807) is 7.11 Å². The zero-order chi connectivity index (χ0) is 18.7. The molecule has 0 amide bonds. The van der Waals surface area contributed by atoms with Gasteiger partial charge in [-0.1, -0.05) is 27.7 Å². The third kappa shape index (κ3) is 4.74. The van der Waals surface area contributed by atoms with Crippen LogP contribution >= 0.6 is 0 Å². The van der Waals surface area contributed by atoms with Gasteiger partial charge in [-0.2, -0.15) is 0 Å². The topological polar surface area (TPSA) is 41.5 Å². The Hall–Kier alpha value is -1.20. The number of hydrogen-bond acceptors (Lipinski definition) is 5. The van der Waals surface area contributed by atoms with E-state index in [-0.39, 0.29) is 5.41 Å². The van der Waals surface area contributed by atoms with E-state index in [9.17, 15) is 0 Å². The number of nitrogens with zero attached hydrogens (tertiary/aromatic N) is 4. The molecular weight excluding hydrogens is 324 g/mol. The molecule has 0 radical (unpaired) electrons. The van der Waals surface area contributed by atoms with Gasteiger partial charge < -0.3 is 9.64 Å². The van der Waals surface area contributed by atoms with Gasteiger partial charge >= 0.3 is 0 Å². The molecule has 0 atom stereocenters. The van der Waals surface area contributed by atoms with E-state index in [2.05, 4.69) is 43.6 Å². The predicted octanol–water partition coefficient (Wildman–Crippen LogP) is 3.62. The second kappa shape index (κ2) is 8.22. The van der Waals surface area contributed by atoms with Crippen molar-refractivity contribution >= 4 is 5.82 Å². The largest absolute Gasteiger partial charge is 0.378 e. The number of piperazine rings is 1. The molecule has 26 heavy (non-hydrogen) atoms. The van der Waals surface area contributed by atoms with Gasteiger partial charge in [0.2, 0.25) is 0 Å². The van der Waals surface area contributed by atoms with Crippen molar-refractivity contribution in [1.29, 1.82) is 0 Å². The molecule has 1 aromatic heterocycles. The van der Waals surface area contributed by atoms with E-state index in [1.165, 1.54) is 25.7 Å². The number of aromatic nitrogens is 2. The SMILES string of the molecule is COCc1cc(N2CCN(C3CCC(C)CC3)CC2)nc(C(C)(C)C)n1. The zero-order valence-electron chi connectivity index (χ0n) is 17.3. The maximum absolute atomic E-state index is 5.33. The number of hydrogen-bond donors (Lipinski definition) is 0. The van der Waals surface area contributed by atoms with Gasteiger partial charge in [-0.25, -0.2) is 9.97 Å². The minimum absolute atomic E-state index is 0.0564. The van der Waals surface area contributed by atoms with Crippen LogP contribution in [0.5, 0.6) is 0 Å². The maximum Gasteiger partial charge on any atom is 0.136 e. The van der Waals surface area contributed by atoms with Gasteiger partial charge in [-0.05, 0) is 31.6 Å². The van der Waals surface area contributed by atoms with E-state index in [0.29, 0.717) is 6.61 Å². The standard InChI is InChI=1S/C21H36N4O/c1-16-6-8-18(9-7-16)24-10-12-25(13-11-24)19-14-17(15-26-5)22-20(23-19)21(2,3)4/h14,16,18H,6-13,15H2,1-5H3. The third-order valence-electron chi connectivity index (χ3n) is 5.87. The lowest BCUT2D eigenvalue weighted by Crippen LogP contribution is -2.51. The van der Waals surface area contributed by atoms with Gasteiger partial charge in [0.15, 0.2) is 0 Å². The molecule has 0 aromatic carbocycles. The molecule has 5 nitrogen and oxygen atoms in total. The first-order chi connectivity index (χ1) is 12.4. The first-order valence-corrected chi connectivity index (χ1v) is 10.2. The Morgan fingerprint density at radius 3 is 2.27 bits per heavy atom. The van der Waals surface area contributed by atoms with Gasteiger partial charge in [0, 0.05) is 50.8 Å². The van der Waals surface area contributed by atoms with Gasteiger partial charge in [-0.3, -0.25) is 4.90 Å². The molecule has 146 valence electrons. The van der Waals surface area contributed by atoms with E-state index in [4.69, 9.17) is 14.7 Å². The van der Waals surface area contributed by atoms with Gasteiger partial charge in [0.25, 0.3) is 0 Å². The Morgan fingerprint density at radius 1 is 1.04 bits per heavy atom. The molecule has 3 rings (SSSR count). The summed E-state index contributed by atoms with van der Waals surface area (Å²) < 4.78 is 5.33. The first-order valence-electron chi connectivity index (χ1n) is 10.2. The molecule has 2 fully saturated rings. The van der Waals surface area contributed by atoms with Crippen LogP contribution in [0.4, 0.5) is 5.82 Å². The van der Waals surface area contributed by atoms with Crippen molar-refractivity contribution in [1.82, 2.24) is 14.9 Å². The average molecular weight is 361 g/mol. The monoisotopic (exact) mass is 360 g/mol. The van der Waals surface area contributed by atoms with Crippen molar-refractivity contribution in [2.45, 2.75) is 71.4 Å². The maximum atomic E-state index is 5.33. The lowest BCUT2D eigenvalue weighted by molar-refractivity contribution is 0.132. The van der Waals surface area contributed by atoms with Crippen molar-refractivity contribution in [3.8, 4) is 0 Å². The van der Waals surface area contributed by atoms with E-state index in [0.717, 1.165) is 55.5 Å². The fourth-order valence-electron chi connectivity index (χ4n) is 4.13. The highest BCUT2D eigenvalue weighted by Crippen LogP contribution is 2.29. The van der Waals surface area contributed by atoms with Crippen molar-refractivity contribution in [2.24, 2.45) is 5.92 Å². The zero-order valence-corrected chi connectivity index (χ0v) is 17.3. The van der Waals surface area contributed by atoms with Crippen LogP contribution in [0.15, 0.2) is 6.07 Å². The van der Waals surface area contributed by atoms with Crippen molar-refractivity contribution in [3.05, 3.63) is 17.6 Å². The summed E-state index contributed by atoms with van der Waals surface area (Å²) in [5.41, 5.74) is 0.921. The highest BCUT2D eigenvalue weighted by molar-refractivity contribution is 5.41. The quantitative estimate of drug-likeness (QED) is 0.820. The summed E-state index contributed by atoms with van der Waals surface area (Å²) in [4.78, 5) is 14.8. The smallest absolute Gasteiger partial charge is 0.136 e. The highest BCUT2D eigenvalue weighted by atomic mass is 16.5. The number of rotatable bonds is 4. The third-order valence-corrected chi connectivity index (χ3v) is 5.87. The fraction of sp³-hybridized carbons (Fsp3) is 0.810. The van der Waals surface area contributed by atoms with Crippen LogP contribution in [0.1, 0.15) is 64.9 Å². The molecule has 5 heteroatoms. The Balaban J connectivity index is 1.67. The summed E-state index contributed by atoms with van der Waals surface area (Å²) in [5, 5.41) is 0. The molecule has 1 saturated heterocycles. The summed E-state index contributed by atoms with van der Waals surface area (Å²) in [6, 6.07) is 2.91. The van der Waals surface area contributed by atoms with Crippen LogP contribution in [0.2, 0.25) is 0 Å². The average Bonchev–Trinajstić information content (AvgIpc) is 2.62. The van der Waals surface area contributed by atoms with Gasteiger partial charge in [-0.15, -0.1) is 0 Å². The Morgan fingerprint density at radius 2 is 1.69 bits per heavy atom. The summed E-state index contributed by atoms with van der Waals surface area (Å²) in [6.07, 6.45) is 5.54. The van der Waals surface area contributed by atoms with Crippen LogP contribution < -0.4 is 4.90 Å². The number of anilines is 1. The van der Waals surface area contributed by atoms with Crippen LogP contribution in [0, 0.1) is 5.92 Å². The summed E-state index contributed by atoms with van der Waals surface area (Å²) in [5.74, 6) is 2.89. The predicted molar refractivity (Wildman–Crippen MR) is 107 cm³/mol. The summed E-state index contributed by atoms with van der Waals surface area (Å²) in [7, 11) is 1.72. The van der Waals surface area contributed by atoms with Crippen LogP contribution in [0.25, 0.3) is 0 Å². The van der Waals surface area contributed by atoms with Crippen LogP contribution in [-0.2, 0) is 16.8 Å². The first kappa shape index (κ1) is 19.6. The van der Waals surface area contributed by atoms with E-state index in [1.807, 2.05) is 0 Å². The number of methoxy groups -OCH3 is 1. The van der Waals surface area contributed by atoms with Crippen LogP contribution in [0.3, 0.4) is 0 Å². The fourth-order valence-corrected chi connectivity index (χ4v) is 4.13. The molecule has 1 saturated carbocycles. The Kier molecular flexibility index (Phi) is 6.18. The molecule has 1 aliphatic carbocycles. The van der Waals surface area contributed by atoms with Gasteiger partial charge in [0.1, 0.15) is 11.6 Å². The van der Waals surface area contributed by atoms with Gasteiger partial charge in [0.05, 0.1) is 12.3 Å². The Labute approximate surface area is 159 Å². The van der Waals surface area contributed by atoms with E-state index >= 15 is 0 Å². The highest BCUT2D eigenvalue weighted by Gasteiger charge is 2.28. The minimum Gasteiger partial charge on any atom is -0.378 e. The second-order valence-corrected chi connectivity index (χ2v) is 9.16. The molecule has 0 N–H and O–H groups in total.